The SMILES string of the molecule is CCN(CC)C(=O)CCNC(=O)N1CCCCC1. The van der Waals surface area contributed by atoms with E-state index in [2.05, 4.69) is 5.32 Å². The van der Waals surface area contributed by atoms with Crippen LogP contribution >= 0.6 is 0 Å². The van der Waals surface area contributed by atoms with Crippen molar-refractivity contribution in [2.75, 3.05) is 32.7 Å². The molecule has 0 spiro atoms. The van der Waals surface area contributed by atoms with Gasteiger partial charge in [-0.3, -0.25) is 4.79 Å². The summed E-state index contributed by atoms with van der Waals surface area (Å²) in [5.74, 6) is 0.110. The molecule has 5 heteroatoms. The number of hydrogen-bond acceptors (Lipinski definition) is 2. The second-order valence-electron chi connectivity index (χ2n) is 4.60. The van der Waals surface area contributed by atoms with Gasteiger partial charge in [0.15, 0.2) is 0 Å². The molecular weight excluding hydrogens is 230 g/mol. The van der Waals surface area contributed by atoms with Crippen LogP contribution in [0.25, 0.3) is 0 Å². The number of likely N-dealkylation sites (tertiary alicyclic amines) is 1. The number of piperidine rings is 1. The van der Waals surface area contributed by atoms with Crippen molar-refractivity contribution in [1.29, 1.82) is 0 Å². The zero-order chi connectivity index (χ0) is 13.4. The molecule has 0 aromatic carbocycles. The molecule has 1 rings (SSSR count). The lowest BCUT2D eigenvalue weighted by molar-refractivity contribution is -0.130. The van der Waals surface area contributed by atoms with Crippen LogP contribution in [0.5, 0.6) is 0 Å². The smallest absolute Gasteiger partial charge is 0.317 e. The molecule has 1 aliphatic rings. The van der Waals surface area contributed by atoms with Crippen LogP contribution in [0.15, 0.2) is 0 Å². The summed E-state index contributed by atoms with van der Waals surface area (Å²) >= 11 is 0. The van der Waals surface area contributed by atoms with Crippen molar-refractivity contribution < 1.29 is 9.59 Å². The van der Waals surface area contributed by atoms with E-state index in [9.17, 15) is 9.59 Å². The number of urea groups is 1. The molecule has 18 heavy (non-hydrogen) atoms. The van der Waals surface area contributed by atoms with Gasteiger partial charge in [0.1, 0.15) is 0 Å². The van der Waals surface area contributed by atoms with Gasteiger partial charge in [0, 0.05) is 39.1 Å². The Kier molecular flexibility index (Phi) is 6.54. The van der Waals surface area contributed by atoms with Crippen LogP contribution in [0.1, 0.15) is 39.5 Å². The van der Waals surface area contributed by atoms with Crippen LogP contribution in [0, 0.1) is 0 Å². The van der Waals surface area contributed by atoms with Crippen LogP contribution in [0.2, 0.25) is 0 Å². The second-order valence-corrected chi connectivity index (χ2v) is 4.60. The molecule has 1 heterocycles. The number of nitrogens with zero attached hydrogens (tertiary/aromatic N) is 2. The van der Waals surface area contributed by atoms with Gasteiger partial charge in [0.25, 0.3) is 0 Å². The van der Waals surface area contributed by atoms with Crippen LogP contribution in [-0.2, 0) is 4.79 Å². The number of amides is 3. The van der Waals surface area contributed by atoms with Crippen molar-refractivity contribution >= 4 is 11.9 Å². The molecule has 5 nitrogen and oxygen atoms in total. The summed E-state index contributed by atoms with van der Waals surface area (Å²) in [4.78, 5) is 27.1. The lowest BCUT2D eigenvalue weighted by atomic mass is 10.1. The second kappa shape index (κ2) is 7.95. The van der Waals surface area contributed by atoms with E-state index in [1.54, 1.807) is 4.90 Å². The Hall–Kier alpha value is -1.26. The van der Waals surface area contributed by atoms with Gasteiger partial charge >= 0.3 is 6.03 Å². The van der Waals surface area contributed by atoms with Gasteiger partial charge in [0.2, 0.25) is 5.91 Å². The van der Waals surface area contributed by atoms with E-state index in [0.29, 0.717) is 13.0 Å². The third kappa shape index (κ3) is 4.55. The maximum atomic E-state index is 11.8. The molecule has 0 unspecified atom stereocenters. The number of hydrogen-bond donors (Lipinski definition) is 1. The van der Waals surface area contributed by atoms with Crippen LogP contribution in [-0.4, -0.2) is 54.5 Å². The quantitative estimate of drug-likeness (QED) is 0.808. The third-order valence-corrected chi connectivity index (χ3v) is 3.37. The van der Waals surface area contributed by atoms with Gasteiger partial charge < -0.3 is 15.1 Å². The highest BCUT2D eigenvalue weighted by atomic mass is 16.2. The zero-order valence-electron chi connectivity index (χ0n) is 11.6. The van der Waals surface area contributed by atoms with E-state index in [1.165, 1.54) is 6.42 Å². The molecule has 0 radical (unpaired) electrons. The maximum absolute atomic E-state index is 11.8. The summed E-state index contributed by atoms with van der Waals surface area (Å²) in [6.45, 7) is 7.52. The predicted molar refractivity (Wildman–Crippen MR) is 71.4 cm³/mol. The molecule has 3 amide bonds. The Morgan fingerprint density at radius 1 is 1.11 bits per heavy atom. The minimum Gasteiger partial charge on any atom is -0.343 e. The minimum absolute atomic E-state index is 0.0259. The first-order valence-electron chi connectivity index (χ1n) is 6.99. The molecular formula is C13H25N3O2. The van der Waals surface area contributed by atoms with E-state index in [0.717, 1.165) is 39.0 Å². The van der Waals surface area contributed by atoms with Gasteiger partial charge in [-0.1, -0.05) is 0 Å². The lowest BCUT2D eigenvalue weighted by Gasteiger charge is -2.27. The van der Waals surface area contributed by atoms with Crippen molar-refractivity contribution in [1.82, 2.24) is 15.1 Å². The molecule has 1 saturated heterocycles. The summed E-state index contributed by atoms with van der Waals surface area (Å²) < 4.78 is 0. The van der Waals surface area contributed by atoms with Gasteiger partial charge in [0.05, 0.1) is 0 Å². The Morgan fingerprint density at radius 3 is 2.28 bits per heavy atom. The summed E-state index contributed by atoms with van der Waals surface area (Å²) in [7, 11) is 0. The number of nitrogens with one attached hydrogen (secondary N) is 1. The first-order chi connectivity index (χ1) is 8.69. The highest BCUT2D eigenvalue weighted by molar-refractivity contribution is 5.78. The predicted octanol–water partition coefficient (Wildman–Crippen LogP) is 1.44. The van der Waals surface area contributed by atoms with Gasteiger partial charge in [-0.2, -0.15) is 0 Å². The first kappa shape index (κ1) is 14.8. The normalized spacial score (nSPS) is 15.3. The van der Waals surface area contributed by atoms with E-state index in [-0.39, 0.29) is 11.9 Å². The first-order valence-corrected chi connectivity index (χ1v) is 6.99. The third-order valence-electron chi connectivity index (χ3n) is 3.37. The Labute approximate surface area is 110 Å². The minimum atomic E-state index is -0.0259. The van der Waals surface area contributed by atoms with Crippen LogP contribution < -0.4 is 5.32 Å². The van der Waals surface area contributed by atoms with Gasteiger partial charge in [-0.05, 0) is 33.1 Å². The molecule has 0 aromatic heterocycles. The van der Waals surface area contributed by atoms with Crippen molar-refractivity contribution in [3.63, 3.8) is 0 Å². The van der Waals surface area contributed by atoms with Crippen molar-refractivity contribution in [3.05, 3.63) is 0 Å². The van der Waals surface area contributed by atoms with Crippen molar-refractivity contribution in [2.24, 2.45) is 0 Å². The molecule has 0 aromatic rings. The monoisotopic (exact) mass is 255 g/mol. The van der Waals surface area contributed by atoms with Gasteiger partial charge in [-0.25, -0.2) is 4.79 Å². The number of rotatable bonds is 5. The average Bonchev–Trinajstić information content (AvgIpc) is 2.41. The molecule has 1 N–H and O–H groups in total. The summed E-state index contributed by atoms with van der Waals surface area (Å²) in [5.41, 5.74) is 0. The molecule has 0 atom stereocenters. The lowest BCUT2D eigenvalue weighted by Crippen LogP contribution is -2.44. The maximum Gasteiger partial charge on any atom is 0.317 e. The Morgan fingerprint density at radius 2 is 1.72 bits per heavy atom. The molecule has 104 valence electrons. The number of carbonyl (C=O) groups excluding carboxylic acids is 2. The average molecular weight is 255 g/mol. The van der Waals surface area contributed by atoms with Crippen molar-refractivity contribution in [2.45, 2.75) is 39.5 Å². The van der Waals surface area contributed by atoms with Crippen molar-refractivity contribution in [3.8, 4) is 0 Å². The van der Waals surface area contributed by atoms with E-state index in [4.69, 9.17) is 0 Å². The van der Waals surface area contributed by atoms with E-state index < -0.39 is 0 Å². The van der Waals surface area contributed by atoms with E-state index >= 15 is 0 Å². The Bertz CT molecular complexity index is 271. The summed E-state index contributed by atoms with van der Waals surface area (Å²) in [6.07, 6.45) is 3.78. The fourth-order valence-electron chi connectivity index (χ4n) is 2.22. The van der Waals surface area contributed by atoms with Crippen LogP contribution in [0.4, 0.5) is 4.79 Å². The highest BCUT2D eigenvalue weighted by Crippen LogP contribution is 2.08. The standard InChI is InChI=1S/C13H25N3O2/c1-3-15(4-2)12(17)8-9-14-13(18)16-10-6-5-7-11-16/h3-11H2,1-2H3,(H,14,18). The largest absolute Gasteiger partial charge is 0.343 e. The zero-order valence-corrected chi connectivity index (χ0v) is 11.6. The fraction of sp³-hybridized carbons (Fsp3) is 0.846. The molecule has 1 aliphatic heterocycles. The molecule has 0 bridgehead atoms. The summed E-state index contributed by atoms with van der Waals surface area (Å²) in [6, 6.07) is -0.0259. The summed E-state index contributed by atoms with van der Waals surface area (Å²) in [5, 5.41) is 2.83. The van der Waals surface area contributed by atoms with Gasteiger partial charge in [-0.15, -0.1) is 0 Å². The molecule has 0 aliphatic carbocycles. The van der Waals surface area contributed by atoms with Crippen LogP contribution in [0.3, 0.4) is 0 Å². The topological polar surface area (TPSA) is 52.7 Å². The van der Waals surface area contributed by atoms with E-state index in [1.807, 2.05) is 18.7 Å². The highest BCUT2D eigenvalue weighted by Gasteiger charge is 2.16. The molecule has 1 fully saturated rings. The number of carbonyl (C=O) groups is 2. The Balaban J connectivity index is 2.20. The fourth-order valence-corrected chi connectivity index (χ4v) is 2.22. The molecule has 0 saturated carbocycles.